The second-order valence-electron chi connectivity index (χ2n) is 5.58. The van der Waals surface area contributed by atoms with Crippen molar-refractivity contribution in [1.82, 2.24) is 5.32 Å². The van der Waals surface area contributed by atoms with Crippen LogP contribution in [0.1, 0.15) is 40.0 Å². The first-order valence-electron chi connectivity index (χ1n) is 5.32. The smallest absolute Gasteiger partial charge is 0.0129 e. The SMILES string of the molecule is CC(C)(C)C1CCC2CCNC21. The van der Waals surface area contributed by atoms with Crippen LogP contribution in [0.15, 0.2) is 0 Å². The lowest BCUT2D eigenvalue weighted by atomic mass is 9.77. The van der Waals surface area contributed by atoms with Crippen LogP contribution in [-0.2, 0) is 0 Å². The summed E-state index contributed by atoms with van der Waals surface area (Å²) in [4.78, 5) is 0. The fourth-order valence-corrected chi connectivity index (χ4v) is 3.12. The zero-order chi connectivity index (χ0) is 8.77. The third-order valence-electron chi connectivity index (χ3n) is 3.80. The van der Waals surface area contributed by atoms with Gasteiger partial charge >= 0.3 is 0 Å². The number of hydrogen-bond donors (Lipinski definition) is 1. The predicted molar refractivity (Wildman–Crippen MR) is 52.1 cm³/mol. The Morgan fingerprint density at radius 3 is 2.50 bits per heavy atom. The van der Waals surface area contributed by atoms with Crippen molar-refractivity contribution in [3.05, 3.63) is 0 Å². The minimum atomic E-state index is 0.511. The highest BCUT2D eigenvalue weighted by Gasteiger charge is 2.43. The first-order valence-corrected chi connectivity index (χ1v) is 5.32. The predicted octanol–water partition coefficient (Wildman–Crippen LogP) is 2.42. The second kappa shape index (κ2) is 2.73. The van der Waals surface area contributed by atoms with E-state index in [4.69, 9.17) is 0 Å². The quantitative estimate of drug-likeness (QED) is 0.584. The molecule has 1 nitrogen and oxygen atoms in total. The van der Waals surface area contributed by atoms with Crippen LogP contribution in [-0.4, -0.2) is 12.6 Å². The molecule has 70 valence electrons. The second-order valence-corrected chi connectivity index (χ2v) is 5.58. The summed E-state index contributed by atoms with van der Waals surface area (Å²) in [6, 6.07) is 0.852. The summed E-state index contributed by atoms with van der Waals surface area (Å²) < 4.78 is 0. The zero-order valence-corrected chi connectivity index (χ0v) is 8.56. The van der Waals surface area contributed by atoms with E-state index in [0.717, 1.165) is 17.9 Å². The summed E-state index contributed by atoms with van der Waals surface area (Å²) in [7, 11) is 0. The van der Waals surface area contributed by atoms with Crippen molar-refractivity contribution in [2.45, 2.75) is 46.1 Å². The van der Waals surface area contributed by atoms with Gasteiger partial charge in [0.2, 0.25) is 0 Å². The molecule has 0 aromatic rings. The lowest BCUT2D eigenvalue weighted by Gasteiger charge is -2.32. The number of hydrogen-bond acceptors (Lipinski definition) is 1. The molecule has 1 aliphatic carbocycles. The molecular formula is C11H21N. The molecule has 1 saturated heterocycles. The maximum absolute atomic E-state index is 3.68. The number of fused-ring (bicyclic) bond motifs is 1. The molecule has 1 aliphatic heterocycles. The maximum Gasteiger partial charge on any atom is 0.0129 e. The minimum absolute atomic E-state index is 0.511. The molecule has 2 rings (SSSR count). The van der Waals surface area contributed by atoms with Crippen LogP contribution < -0.4 is 5.32 Å². The zero-order valence-electron chi connectivity index (χ0n) is 8.56. The highest BCUT2D eigenvalue weighted by molar-refractivity contribution is 4.98. The molecule has 0 amide bonds. The Morgan fingerprint density at radius 2 is 1.83 bits per heavy atom. The van der Waals surface area contributed by atoms with Gasteiger partial charge in [-0.05, 0) is 43.1 Å². The number of nitrogens with one attached hydrogen (secondary N) is 1. The van der Waals surface area contributed by atoms with Crippen LogP contribution in [0.25, 0.3) is 0 Å². The van der Waals surface area contributed by atoms with E-state index >= 15 is 0 Å². The van der Waals surface area contributed by atoms with E-state index in [1.807, 2.05) is 0 Å². The van der Waals surface area contributed by atoms with Crippen LogP contribution in [0.3, 0.4) is 0 Å². The molecule has 2 aliphatic rings. The van der Waals surface area contributed by atoms with Gasteiger partial charge in [-0.2, -0.15) is 0 Å². The van der Waals surface area contributed by atoms with Gasteiger partial charge in [0.25, 0.3) is 0 Å². The van der Waals surface area contributed by atoms with Gasteiger partial charge in [0, 0.05) is 6.04 Å². The van der Waals surface area contributed by atoms with Crippen molar-refractivity contribution < 1.29 is 0 Å². The van der Waals surface area contributed by atoms with E-state index in [0.29, 0.717) is 5.41 Å². The largest absolute Gasteiger partial charge is 0.313 e. The molecule has 0 radical (unpaired) electrons. The lowest BCUT2D eigenvalue weighted by Crippen LogP contribution is -2.37. The standard InChI is InChI=1S/C11H21N/c1-11(2,3)9-5-4-8-6-7-12-10(8)9/h8-10,12H,4-7H2,1-3H3. The molecule has 0 aromatic heterocycles. The average molecular weight is 167 g/mol. The molecule has 2 fully saturated rings. The fourth-order valence-electron chi connectivity index (χ4n) is 3.12. The van der Waals surface area contributed by atoms with Crippen molar-refractivity contribution in [2.24, 2.45) is 17.3 Å². The van der Waals surface area contributed by atoms with Crippen LogP contribution in [0, 0.1) is 17.3 Å². The van der Waals surface area contributed by atoms with Crippen molar-refractivity contribution >= 4 is 0 Å². The average Bonchev–Trinajstić information content (AvgIpc) is 2.37. The van der Waals surface area contributed by atoms with Crippen molar-refractivity contribution in [2.75, 3.05) is 6.54 Å². The molecule has 3 atom stereocenters. The van der Waals surface area contributed by atoms with Crippen LogP contribution >= 0.6 is 0 Å². The highest BCUT2D eigenvalue weighted by Crippen LogP contribution is 2.45. The third-order valence-corrected chi connectivity index (χ3v) is 3.80. The van der Waals surface area contributed by atoms with Crippen LogP contribution in [0.2, 0.25) is 0 Å². The molecule has 0 bridgehead atoms. The van der Waals surface area contributed by atoms with Gasteiger partial charge < -0.3 is 5.32 Å². The third kappa shape index (κ3) is 1.28. The highest BCUT2D eigenvalue weighted by atomic mass is 15.0. The van der Waals surface area contributed by atoms with Crippen LogP contribution in [0.5, 0.6) is 0 Å². The molecule has 1 heterocycles. The Bertz CT molecular complexity index is 168. The van der Waals surface area contributed by atoms with Gasteiger partial charge in [-0.25, -0.2) is 0 Å². The topological polar surface area (TPSA) is 12.0 Å². The van der Waals surface area contributed by atoms with E-state index in [1.54, 1.807) is 0 Å². The Balaban J connectivity index is 2.09. The van der Waals surface area contributed by atoms with E-state index < -0.39 is 0 Å². The summed E-state index contributed by atoms with van der Waals surface area (Å²) in [6.45, 7) is 8.43. The Hall–Kier alpha value is -0.0400. The Morgan fingerprint density at radius 1 is 1.08 bits per heavy atom. The maximum atomic E-state index is 3.68. The van der Waals surface area contributed by atoms with Crippen molar-refractivity contribution in [3.63, 3.8) is 0 Å². The summed E-state index contributed by atoms with van der Waals surface area (Å²) >= 11 is 0. The van der Waals surface area contributed by atoms with Gasteiger partial charge in [0.15, 0.2) is 0 Å². The normalized spacial score (nSPS) is 41.8. The van der Waals surface area contributed by atoms with Gasteiger partial charge in [-0.15, -0.1) is 0 Å². The summed E-state index contributed by atoms with van der Waals surface area (Å²) in [6.07, 6.45) is 4.35. The number of rotatable bonds is 0. The van der Waals surface area contributed by atoms with Gasteiger partial charge in [-0.3, -0.25) is 0 Å². The van der Waals surface area contributed by atoms with Crippen molar-refractivity contribution in [3.8, 4) is 0 Å². The van der Waals surface area contributed by atoms with Gasteiger partial charge in [-0.1, -0.05) is 20.8 Å². The molecular weight excluding hydrogens is 146 g/mol. The van der Waals surface area contributed by atoms with Crippen LogP contribution in [0.4, 0.5) is 0 Å². The summed E-state index contributed by atoms with van der Waals surface area (Å²) in [5.41, 5.74) is 0.511. The molecule has 12 heavy (non-hydrogen) atoms. The molecule has 1 heteroatoms. The summed E-state index contributed by atoms with van der Waals surface area (Å²) in [5.74, 6) is 1.93. The van der Waals surface area contributed by atoms with E-state index in [2.05, 4.69) is 26.1 Å². The molecule has 1 N–H and O–H groups in total. The monoisotopic (exact) mass is 167 g/mol. The first-order chi connectivity index (χ1) is 5.59. The van der Waals surface area contributed by atoms with E-state index in [9.17, 15) is 0 Å². The molecule has 1 saturated carbocycles. The molecule has 0 aromatic carbocycles. The van der Waals surface area contributed by atoms with E-state index in [-0.39, 0.29) is 0 Å². The fraction of sp³-hybridized carbons (Fsp3) is 1.00. The lowest BCUT2D eigenvalue weighted by molar-refractivity contribution is 0.206. The minimum Gasteiger partial charge on any atom is -0.313 e. The van der Waals surface area contributed by atoms with Gasteiger partial charge in [0.1, 0.15) is 0 Å². The Kier molecular flexibility index (Phi) is 1.95. The Labute approximate surface area is 75.9 Å². The summed E-state index contributed by atoms with van der Waals surface area (Å²) in [5, 5.41) is 3.68. The van der Waals surface area contributed by atoms with Crippen molar-refractivity contribution in [1.29, 1.82) is 0 Å². The molecule has 3 unspecified atom stereocenters. The van der Waals surface area contributed by atoms with E-state index in [1.165, 1.54) is 25.8 Å². The molecule has 0 spiro atoms. The van der Waals surface area contributed by atoms with Gasteiger partial charge in [0.05, 0.1) is 0 Å². The first kappa shape index (κ1) is 8.55.